The maximum atomic E-state index is 12.0. The number of carbonyl (C=O) groups excluding carboxylic acids is 2. The first-order valence-corrected chi connectivity index (χ1v) is 7.44. The minimum Gasteiger partial charge on any atom is -0.464 e. The van der Waals surface area contributed by atoms with Crippen molar-refractivity contribution in [2.45, 2.75) is 6.42 Å². The van der Waals surface area contributed by atoms with Crippen molar-refractivity contribution in [3.05, 3.63) is 65.9 Å². The fourth-order valence-corrected chi connectivity index (χ4v) is 2.44. The Bertz CT molecular complexity index is 871. The van der Waals surface area contributed by atoms with E-state index in [-0.39, 0.29) is 5.91 Å². The van der Waals surface area contributed by atoms with Gasteiger partial charge in [-0.15, -0.1) is 0 Å². The van der Waals surface area contributed by atoms with Gasteiger partial charge < -0.3 is 20.2 Å². The molecule has 122 valence electrons. The fourth-order valence-electron chi connectivity index (χ4n) is 2.44. The van der Waals surface area contributed by atoms with Gasteiger partial charge in [0.05, 0.1) is 6.26 Å². The molecule has 0 aliphatic rings. The predicted molar refractivity (Wildman–Crippen MR) is 88.9 cm³/mol. The van der Waals surface area contributed by atoms with Crippen molar-refractivity contribution >= 4 is 23.0 Å². The summed E-state index contributed by atoms with van der Waals surface area (Å²) in [5.41, 5.74) is 7.22. The van der Waals surface area contributed by atoms with Crippen LogP contribution in [-0.4, -0.2) is 18.5 Å². The molecule has 2 aromatic carbocycles. The highest BCUT2D eigenvalue weighted by Crippen LogP contribution is 2.26. The van der Waals surface area contributed by atoms with E-state index in [1.54, 1.807) is 36.6 Å². The van der Waals surface area contributed by atoms with Crippen LogP contribution in [0, 0.1) is 0 Å². The summed E-state index contributed by atoms with van der Waals surface area (Å²) in [6.07, 6.45) is 1.36. The van der Waals surface area contributed by atoms with Crippen molar-refractivity contribution in [3.8, 4) is 5.75 Å². The second kappa shape index (κ2) is 6.87. The smallest absolute Gasteiger partial charge is 0.409 e. The van der Waals surface area contributed by atoms with E-state index in [9.17, 15) is 9.59 Å². The Morgan fingerprint density at radius 1 is 1.12 bits per heavy atom. The van der Waals surface area contributed by atoms with Crippen LogP contribution in [0.4, 0.5) is 4.79 Å². The molecule has 6 nitrogen and oxygen atoms in total. The van der Waals surface area contributed by atoms with Crippen molar-refractivity contribution < 1.29 is 18.7 Å². The van der Waals surface area contributed by atoms with Crippen molar-refractivity contribution in [2.75, 3.05) is 6.54 Å². The molecule has 0 aliphatic carbocycles. The van der Waals surface area contributed by atoms with Gasteiger partial charge in [0.1, 0.15) is 11.3 Å². The highest BCUT2D eigenvalue weighted by Gasteiger charge is 2.10. The highest BCUT2D eigenvalue weighted by molar-refractivity contribution is 5.94. The van der Waals surface area contributed by atoms with E-state index in [1.165, 1.54) is 0 Å². The molecule has 3 N–H and O–H groups in total. The number of nitrogens with one attached hydrogen (secondary N) is 1. The minimum absolute atomic E-state index is 0.124. The van der Waals surface area contributed by atoms with Crippen molar-refractivity contribution in [1.29, 1.82) is 0 Å². The Balaban J connectivity index is 1.66. The van der Waals surface area contributed by atoms with Crippen LogP contribution in [0.3, 0.4) is 0 Å². The van der Waals surface area contributed by atoms with E-state index in [0.717, 1.165) is 10.9 Å². The van der Waals surface area contributed by atoms with E-state index < -0.39 is 6.09 Å². The van der Waals surface area contributed by atoms with Crippen LogP contribution in [0.5, 0.6) is 5.75 Å². The molecule has 0 atom stereocenters. The summed E-state index contributed by atoms with van der Waals surface area (Å²) < 4.78 is 10.3. The first kappa shape index (κ1) is 15.6. The monoisotopic (exact) mass is 324 g/mol. The molecule has 0 aliphatic heterocycles. The molecule has 0 unspecified atom stereocenters. The van der Waals surface area contributed by atoms with Crippen molar-refractivity contribution in [2.24, 2.45) is 5.73 Å². The zero-order valence-electron chi connectivity index (χ0n) is 12.8. The van der Waals surface area contributed by atoms with E-state index in [1.807, 2.05) is 18.2 Å². The van der Waals surface area contributed by atoms with Gasteiger partial charge in [0.15, 0.2) is 0 Å². The first-order chi connectivity index (χ1) is 11.6. The van der Waals surface area contributed by atoms with Gasteiger partial charge in [-0.2, -0.15) is 0 Å². The van der Waals surface area contributed by atoms with Gasteiger partial charge in [-0.3, -0.25) is 4.79 Å². The minimum atomic E-state index is -0.866. The SMILES string of the molecule is NC(=O)Oc1ccc2occ(CCNC(=O)c3ccccc3)c2c1. The number of benzene rings is 2. The number of primary amides is 1. The van der Waals surface area contributed by atoms with Gasteiger partial charge in [0.25, 0.3) is 5.91 Å². The van der Waals surface area contributed by atoms with Gasteiger partial charge in [-0.1, -0.05) is 18.2 Å². The largest absolute Gasteiger partial charge is 0.464 e. The molecule has 6 heteroatoms. The topological polar surface area (TPSA) is 94.6 Å². The molecule has 0 bridgehead atoms. The second-order valence-corrected chi connectivity index (χ2v) is 5.21. The molecule has 3 aromatic rings. The number of ether oxygens (including phenoxy) is 1. The average molecular weight is 324 g/mol. The Hall–Kier alpha value is -3.28. The molecule has 0 fully saturated rings. The van der Waals surface area contributed by atoms with Gasteiger partial charge >= 0.3 is 6.09 Å². The third kappa shape index (κ3) is 3.55. The van der Waals surface area contributed by atoms with Crippen LogP contribution in [0.25, 0.3) is 11.0 Å². The molecule has 0 saturated heterocycles. The van der Waals surface area contributed by atoms with Crippen LogP contribution >= 0.6 is 0 Å². The van der Waals surface area contributed by atoms with Gasteiger partial charge in [-0.25, -0.2) is 4.79 Å². The third-order valence-electron chi connectivity index (χ3n) is 3.56. The van der Waals surface area contributed by atoms with E-state index in [4.69, 9.17) is 14.9 Å². The van der Waals surface area contributed by atoms with Gasteiger partial charge in [0, 0.05) is 23.1 Å². The van der Waals surface area contributed by atoms with Crippen LogP contribution in [-0.2, 0) is 6.42 Å². The summed E-state index contributed by atoms with van der Waals surface area (Å²) in [5.74, 6) is 0.229. The summed E-state index contributed by atoms with van der Waals surface area (Å²) in [7, 11) is 0. The maximum absolute atomic E-state index is 12.0. The number of hydrogen-bond donors (Lipinski definition) is 2. The lowest BCUT2D eigenvalue weighted by atomic mass is 10.1. The predicted octanol–water partition coefficient (Wildman–Crippen LogP) is 2.86. The molecule has 3 rings (SSSR count). The molecule has 0 spiro atoms. The lowest BCUT2D eigenvalue weighted by Crippen LogP contribution is -2.25. The molecule has 2 amide bonds. The second-order valence-electron chi connectivity index (χ2n) is 5.21. The summed E-state index contributed by atoms with van der Waals surface area (Å²) in [5, 5.41) is 3.68. The van der Waals surface area contributed by atoms with Crippen molar-refractivity contribution in [3.63, 3.8) is 0 Å². The molecule has 1 aromatic heterocycles. The lowest BCUT2D eigenvalue weighted by Gasteiger charge is -2.05. The van der Waals surface area contributed by atoms with E-state index in [2.05, 4.69) is 5.32 Å². The average Bonchev–Trinajstić information content (AvgIpc) is 2.97. The summed E-state index contributed by atoms with van der Waals surface area (Å²) in [6.45, 7) is 0.462. The third-order valence-corrected chi connectivity index (χ3v) is 3.56. The standard InChI is InChI=1S/C18H16N2O4/c19-18(22)24-14-6-7-16-15(10-14)13(11-23-16)8-9-20-17(21)12-4-2-1-3-5-12/h1-7,10-11H,8-9H2,(H2,19,22)(H,20,21). The van der Waals surface area contributed by atoms with Crippen LogP contribution < -0.4 is 15.8 Å². The molecule has 1 heterocycles. The maximum Gasteiger partial charge on any atom is 0.409 e. The van der Waals surface area contributed by atoms with Crippen LogP contribution in [0.15, 0.2) is 59.2 Å². The number of rotatable bonds is 5. The number of fused-ring (bicyclic) bond motifs is 1. The molecule has 24 heavy (non-hydrogen) atoms. The first-order valence-electron chi connectivity index (χ1n) is 7.44. The summed E-state index contributed by atoms with van der Waals surface area (Å²) in [4.78, 5) is 22.8. The molecule has 0 radical (unpaired) electrons. The Kier molecular flexibility index (Phi) is 4.47. The Morgan fingerprint density at radius 2 is 1.92 bits per heavy atom. The Morgan fingerprint density at radius 3 is 2.67 bits per heavy atom. The summed E-state index contributed by atoms with van der Waals surface area (Å²) in [6, 6.07) is 14.0. The zero-order valence-corrected chi connectivity index (χ0v) is 12.8. The number of furan rings is 1. The van der Waals surface area contributed by atoms with Gasteiger partial charge in [0.2, 0.25) is 0 Å². The Labute approximate surface area is 138 Å². The number of amides is 2. The quantitative estimate of drug-likeness (QED) is 0.754. The normalized spacial score (nSPS) is 10.5. The van der Waals surface area contributed by atoms with Crippen molar-refractivity contribution in [1.82, 2.24) is 5.32 Å². The van der Waals surface area contributed by atoms with Crippen LogP contribution in [0.2, 0.25) is 0 Å². The number of carbonyl (C=O) groups is 2. The van der Waals surface area contributed by atoms with Crippen LogP contribution in [0.1, 0.15) is 15.9 Å². The number of hydrogen-bond acceptors (Lipinski definition) is 4. The molecular weight excluding hydrogens is 308 g/mol. The molecular formula is C18H16N2O4. The fraction of sp³-hybridized carbons (Fsp3) is 0.111. The van der Waals surface area contributed by atoms with E-state index in [0.29, 0.717) is 29.9 Å². The molecule has 0 saturated carbocycles. The lowest BCUT2D eigenvalue weighted by molar-refractivity contribution is 0.0954. The number of nitrogens with two attached hydrogens (primary N) is 1. The zero-order chi connectivity index (χ0) is 16.9. The summed E-state index contributed by atoms with van der Waals surface area (Å²) >= 11 is 0. The highest BCUT2D eigenvalue weighted by atomic mass is 16.5. The van der Waals surface area contributed by atoms with E-state index >= 15 is 0 Å². The van der Waals surface area contributed by atoms with Gasteiger partial charge in [-0.05, 0) is 36.8 Å².